The van der Waals surface area contributed by atoms with Gasteiger partial charge in [0.2, 0.25) is 0 Å². The molecule has 0 aromatic heterocycles. The third kappa shape index (κ3) is 4.28. The molecule has 0 atom stereocenters. The van der Waals surface area contributed by atoms with Gasteiger partial charge in [-0.3, -0.25) is 0 Å². The third-order valence-electron chi connectivity index (χ3n) is 5.30. The molecular weight excluding hydrogens is 406 g/mol. The van der Waals surface area contributed by atoms with Crippen molar-refractivity contribution in [3.63, 3.8) is 0 Å². The van der Waals surface area contributed by atoms with Gasteiger partial charge >= 0.3 is 12.1 Å². The lowest BCUT2D eigenvalue weighted by atomic mass is 9.98. The molecule has 1 aliphatic rings. The van der Waals surface area contributed by atoms with Crippen LogP contribution in [0.3, 0.4) is 0 Å². The summed E-state index contributed by atoms with van der Waals surface area (Å²) in [5.74, 6) is 4.79. The average Bonchev–Trinajstić information content (AvgIpc) is 3.14. The summed E-state index contributed by atoms with van der Waals surface area (Å²) >= 11 is 0. The van der Waals surface area contributed by atoms with Gasteiger partial charge in [0, 0.05) is 11.5 Å². The minimum Gasteiger partial charge on any atom is -0.507 e. The summed E-state index contributed by atoms with van der Waals surface area (Å²) in [6.45, 7) is 0.304. The number of carbonyl (C=O) groups is 2. The van der Waals surface area contributed by atoms with Gasteiger partial charge in [0.1, 0.15) is 17.9 Å². The molecule has 0 heterocycles. The number of rotatable bonds is 4. The molecule has 6 nitrogen and oxygen atoms in total. The van der Waals surface area contributed by atoms with E-state index in [1.54, 1.807) is 6.07 Å². The van der Waals surface area contributed by atoms with Crippen LogP contribution in [0.5, 0.6) is 5.75 Å². The van der Waals surface area contributed by atoms with Crippen LogP contribution >= 0.6 is 0 Å². The fraction of sp³-hybridized carbons (Fsp3) is 0.154. The molecule has 1 amide bonds. The Kier molecular flexibility index (Phi) is 6.09. The molecule has 0 spiro atoms. The highest BCUT2D eigenvalue weighted by atomic mass is 16.5. The number of phenolic OH excluding ortho intramolecular Hbond substituents is 1. The topological polar surface area (TPSA) is 84.9 Å². The number of amides is 1. The Balaban J connectivity index is 1.34. The van der Waals surface area contributed by atoms with E-state index in [0.29, 0.717) is 5.56 Å². The number of fused-ring (bicyclic) bond motifs is 3. The molecule has 0 aliphatic heterocycles. The first-order chi connectivity index (χ1) is 15.6. The lowest BCUT2D eigenvalue weighted by Gasteiger charge is -2.14. The zero-order valence-electron chi connectivity index (χ0n) is 17.4. The Hall–Kier alpha value is -4.24. The maximum atomic E-state index is 12.2. The van der Waals surface area contributed by atoms with E-state index in [2.05, 4.69) is 46.2 Å². The second-order valence-electron chi connectivity index (χ2n) is 7.20. The maximum absolute atomic E-state index is 12.2. The van der Waals surface area contributed by atoms with Crippen LogP contribution in [0.25, 0.3) is 11.1 Å². The summed E-state index contributed by atoms with van der Waals surface area (Å²) in [5.41, 5.74) is 5.18. The lowest BCUT2D eigenvalue weighted by Crippen LogP contribution is -2.26. The zero-order valence-corrected chi connectivity index (χ0v) is 17.4. The second kappa shape index (κ2) is 9.27. The van der Waals surface area contributed by atoms with E-state index in [1.807, 2.05) is 24.3 Å². The monoisotopic (exact) mass is 427 g/mol. The number of benzene rings is 3. The van der Waals surface area contributed by atoms with Crippen LogP contribution in [0, 0.1) is 11.8 Å². The van der Waals surface area contributed by atoms with Crippen molar-refractivity contribution in [2.75, 3.05) is 20.3 Å². The Morgan fingerprint density at radius 2 is 1.66 bits per heavy atom. The molecule has 160 valence electrons. The van der Waals surface area contributed by atoms with Crippen LogP contribution in [0.15, 0.2) is 66.7 Å². The van der Waals surface area contributed by atoms with Crippen LogP contribution in [-0.2, 0) is 9.47 Å². The lowest BCUT2D eigenvalue weighted by molar-refractivity contribution is 0.0597. The van der Waals surface area contributed by atoms with E-state index in [4.69, 9.17) is 4.74 Å². The van der Waals surface area contributed by atoms with E-state index < -0.39 is 12.1 Å². The maximum Gasteiger partial charge on any atom is 0.407 e. The van der Waals surface area contributed by atoms with Crippen LogP contribution in [0.2, 0.25) is 0 Å². The highest BCUT2D eigenvalue weighted by molar-refractivity contribution is 5.92. The predicted molar refractivity (Wildman–Crippen MR) is 119 cm³/mol. The molecule has 3 aromatic carbocycles. The minimum absolute atomic E-state index is 0.00651. The number of ether oxygens (including phenoxy) is 2. The van der Waals surface area contributed by atoms with Gasteiger partial charge in [-0.15, -0.1) is 0 Å². The Labute approximate surface area is 185 Å². The molecule has 0 radical (unpaired) electrons. The third-order valence-corrected chi connectivity index (χ3v) is 5.30. The number of phenols is 1. The molecule has 4 rings (SSSR count). The van der Waals surface area contributed by atoms with Crippen LogP contribution in [0.1, 0.15) is 33.0 Å². The summed E-state index contributed by atoms with van der Waals surface area (Å²) in [4.78, 5) is 23.8. The van der Waals surface area contributed by atoms with Gasteiger partial charge in [-0.2, -0.15) is 0 Å². The van der Waals surface area contributed by atoms with Gasteiger partial charge in [-0.05, 0) is 40.5 Å². The van der Waals surface area contributed by atoms with Crippen molar-refractivity contribution in [3.8, 4) is 28.7 Å². The van der Waals surface area contributed by atoms with Gasteiger partial charge in [0.05, 0.1) is 13.7 Å². The van der Waals surface area contributed by atoms with Crippen molar-refractivity contribution < 1.29 is 24.2 Å². The van der Waals surface area contributed by atoms with Gasteiger partial charge in [-0.25, -0.2) is 9.59 Å². The number of alkyl carbamates (subject to hydrolysis) is 1. The summed E-state index contributed by atoms with van der Waals surface area (Å²) in [6, 6.07) is 20.7. The highest BCUT2D eigenvalue weighted by Crippen LogP contribution is 2.44. The van der Waals surface area contributed by atoms with Gasteiger partial charge in [0.15, 0.2) is 0 Å². The molecule has 0 fully saturated rings. The number of methoxy groups -OCH3 is 1. The normalized spacial score (nSPS) is 11.5. The van der Waals surface area contributed by atoms with E-state index in [9.17, 15) is 14.7 Å². The molecule has 1 aliphatic carbocycles. The van der Waals surface area contributed by atoms with Crippen molar-refractivity contribution in [1.82, 2.24) is 5.32 Å². The van der Waals surface area contributed by atoms with Crippen molar-refractivity contribution in [1.29, 1.82) is 0 Å². The van der Waals surface area contributed by atoms with Crippen molar-refractivity contribution >= 4 is 12.1 Å². The summed E-state index contributed by atoms with van der Waals surface area (Å²) in [7, 11) is 1.23. The summed E-state index contributed by atoms with van der Waals surface area (Å²) < 4.78 is 10.1. The molecule has 0 saturated carbocycles. The molecule has 0 bridgehead atoms. The fourth-order valence-corrected chi connectivity index (χ4v) is 3.80. The molecule has 32 heavy (non-hydrogen) atoms. The van der Waals surface area contributed by atoms with E-state index in [-0.39, 0.29) is 30.4 Å². The molecule has 2 N–H and O–H groups in total. The number of aromatic hydroxyl groups is 1. The number of nitrogens with one attached hydrogen (secondary N) is 1. The number of esters is 1. The first-order valence-electron chi connectivity index (χ1n) is 10.1. The molecule has 6 heteroatoms. The van der Waals surface area contributed by atoms with Crippen LogP contribution in [0.4, 0.5) is 4.79 Å². The van der Waals surface area contributed by atoms with Gasteiger partial charge in [0.25, 0.3) is 0 Å². The van der Waals surface area contributed by atoms with E-state index in [1.165, 1.54) is 30.4 Å². The molecular formula is C26H21NO5. The summed E-state index contributed by atoms with van der Waals surface area (Å²) in [5, 5.41) is 12.3. The zero-order chi connectivity index (χ0) is 22.5. The van der Waals surface area contributed by atoms with Gasteiger partial charge in [-0.1, -0.05) is 60.4 Å². The quantitative estimate of drug-likeness (QED) is 0.484. The summed E-state index contributed by atoms with van der Waals surface area (Å²) in [6.07, 6.45) is -0.554. The SMILES string of the molecule is COC(=O)c1cc(C#CCNC(=O)OCC2c3ccccc3-c3ccccc32)ccc1O. The smallest absolute Gasteiger partial charge is 0.407 e. The first-order valence-corrected chi connectivity index (χ1v) is 10.1. The average molecular weight is 427 g/mol. The molecule has 0 saturated heterocycles. The van der Waals surface area contributed by atoms with Crippen molar-refractivity contribution in [3.05, 3.63) is 89.0 Å². The Morgan fingerprint density at radius 3 is 2.31 bits per heavy atom. The predicted octanol–water partition coefficient (Wildman–Crippen LogP) is 4.07. The largest absolute Gasteiger partial charge is 0.507 e. The van der Waals surface area contributed by atoms with Crippen molar-refractivity contribution in [2.24, 2.45) is 0 Å². The highest BCUT2D eigenvalue weighted by Gasteiger charge is 2.28. The number of hydrogen-bond acceptors (Lipinski definition) is 5. The van der Waals surface area contributed by atoms with Crippen LogP contribution < -0.4 is 5.32 Å². The number of hydrogen-bond donors (Lipinski definition) is 2. The first kappa shape index (κ1) is 21.0. The standard InChI is InChI=1S/C26H21NO5/c1-31-25(29)22-15-17(12-13-24(22)28)7-6-14-27-26(30)32-16-23-20-10-4-2-8-18(20)19-9-3-5-11-21(19)23/h2-5,8-13,15,23,28H,14,16H2,1H3,(H,27,30). The molecule has 0 unspecified atom stereocenters. The number of carbonyl (C=O) groups excluding carboxylic acids is 2. The molecule has 3 aromatic rings. The fourth-order valence-electron chi connectivity index (χ4n) is 3.80. The Bertz CT molecular complexity index is 1190. The van der Waals surface area contributed by atoms with E-state index in [0.717, 1.165) is 11.1 Å². The second-order valence-corrected chi connectivity index (χ2v) is 7.20. The van der Waals surface area contributed by atoms with Crippen molar-refractivity contribution in [2.45, 2.75) is 5.92 Å². The van der Waals surface area contributed by atoms with Crippen LogP contribution in [-0.4, -0.2) is 37.4 Å². The van der Waals surface area contributed by atoms with Gasteiger partial charge < -0.3 is 19.9 Å². The van der Waals surface area contributed by atoms with E-state index >= 15 is 0 Å². The Morgan fingerprint density at radius 1 is 1.00 bits per heavy atom. The minimum atomic E-state index is -0.650.